The van der Waals surface area contributed by atoms with Crippen LogP contribution in [0.5, 0.6) is 0 Å². The van der Waals surface area contributed by atoms with Crippen LogP contribution in [-0.4, -0.2) is 21.0 Å². The molecule has 0 aromatic heterocycles. The number of rotatable bonds is 5. The van der Waals surface area contributed by atoms with Crippen molar-refractivity contribution in [1.29, 1.82) is 0 Å². The van der Waals surface area contributed by atoms with E-state index in [-0.39, 0.29) is 29.7 Å². The zero-order chi connectivity index (χ0) is 37.2. The molecule has 10 aliphatic rings. The summed E-state index contributed by atoms with van der Waals surface area (Å²) in [5.41, 5.74) is 0. The fourth-order valence-corrected chi connectivity index (χ4v) is 20.1. The van der Waals surface area contributed by atoms with Gasteiger partial charge in [0, 0.05) is 21.0 Å². The molecule has 6 aliphatic carbocycles. The average molecular weight is 1090 g/mol. The van der Waals surface area contributed by atoms with Crippen molar-refractivity contribution in [2.45, 2.75) is 145 Å². The number of hydrogen-bond acceptors (Lipinski definition) is 4. The van der Waals surface area contributed by atoms with Crippen molar-refractivity contribution in [2.75, 3.05) is 0 Å². The molecular formula is C47H74Cl4S4Zr2. The summed E-state index contributed by atoms with van der Waals surface area (Å²) in [6, 6.07) is 0. The van der Waals surface area contributed by atoms with E-state index < -0.39 is 41.7 Å². The summed E-state index contributed by atoms with van der Waals surface area (Å²) < 4.78 is 0. The van der Waals surface area contributed by atoms with E-state index in [1.807, 2.05) is 0 Å². The zero-order valence-electron chi connectivity index (χ0n) is 36.3. The summed E-state index contributed by atoms with van der Waals surface area (Å²) >= 11 is 7.27. The van der Waals surface area contributed by atoms with Crippen molar-refractivity contribution in [3.05, 3.63) is 73.6 Å². The average Bonchev–Trinajstić information content (AvgIpc) is 4.01. The topological polar surface area (TPSA) is 0 Å². The Balaban J connectivity index is 0.000000253. The summed E-state index contributed by atoms with van der Waals surface area (Å²) in [5, 5.41) is 3.62. The van der Waals surface area contributed by atoms with Gasteiger partial charge in [0.2, 0.25) is 0 Å². The molecule has 0 saturated heterocycles. The van der Waals surface area contributed by atoms with E-state index in [1.165, 1.54) is 38.5 Å². The molecule has 0 aromatic carbocycles. The van der Waals surface area contributed by atoms with Crippen LogP contribution in [0.1, 0.15) is 124 Å². The molecule has 0 nitrogen and oxygen atoms in total. The molecule has 322 valence electrons. The Labute approximate surface area is 407 Å². The molecule has 14 atom stereocenters. The molecule has 14 unspecified atom stereocenters. The van der Waals surface area contributed by atoms with Crippen LogP contribution in [0.15, 0.2) is 43.9 Å². The predicted octanol–water partition coefficient (Wildman–Crippen LogP) is 17.9. The number of thioether (sulfide) groups is 4. The molecule has 0 bridgehead atoms. The fourth-order valence-electron chi connectivity index (χ4n) is 13.7. The molecule has 0 aromatic rings. The molecule has 6 saturated carbocycles. The molecular weight excluding hydrogens is 1020 g/mol. The molecule has 10 rings (SSSR count). The van der Waals surface area contributed by atoms with Crippen molar-refractivity contribution in [1.82, 2.24) is 0 Å². The number of halogens is 4. The Hall–Kier alpha value is 3.29. The van der Waals surface area contributed by atoms with Crippen LogP contribution in [0.3, 0.4) is 0 Å². The van der Waals surface area contributed by atoms with Crippen LogP contribution in [-0.2, 0) is 41.7 Å². The van der Waals surface area contributed by atoms with E-state index in [0.29, 0.717) is 0 Å². The van der Waals surface area contributed by atoms with Crippen LogP contribution < -0.4 is 0 Å². The fraction of sp³-hybridized carbons (Fsp3) is 0.745. The van der Waals surface area contributed by atoms with Crippen molar-refractivity contribution < 1.29 is 41.7 Å². The van der Waals surface area contributed by atoms with Crippen molar-refractivity contribution >= 4 is 81.1 Å². The van der Waals surface area contributed by atoms with Crippen LogP contribution >= 0.6 is 81.1 Å². The molecule has 0 amide bonds. The van der Waals surface area contributed by atoms with Gasteiger partial charge in [0.1, 0.15) is 0 Å². The molecule has 6 fully saturated rings. The third-order valence-electron chi connectivity index (χ3n) is 15.5. The molecule has 4 aliphatic heterocycles. The van der Waals surface area contributed by atoms with Gasteiger partial charge in [0.05, 0.1) is 0 Å². The quantitative estimate of drug-likeness (QED) is 0.252. The minimum atomic E-state index is -0.826. The van der Waals surface area contributed by atoms with Gasteiger partial charge in [-0.25, -0.2) is 0 Å². The van der Waals surface area contributed by atoms with E-state index in [9.17, 15) is 0 Å². The van der Waals surface area contributed by atoms with Gasteiger partial charge >= 0.3 is 75.7 Å². The number of fused-ring (bicyclic) bond motifs is 8. The standard InChI is InChI=1S/C22H32S2.C21H30S2.4CH3.4ClH.2Zr/c1-13-11-19-20-12-14(2)24-22(20)18(21(19)23-13)10-9-16-8-7-15-5-3-4-6-17(15)16;1-12-9-17-18-10-13(2)23-21(18)19(20(17)22-12)11-15-8-7-14-5-3-4-6-16(14)15;;;;;;;;;;/h11-12,15-22H,3-10H2,1-2H3;9-10,14-21H,3-8,11H2,1-2H3;4*1H3;4*1H;;/q;;4*-1;;;;;2*+4/p-4. The van der Waals surface area contributed by atoms with Crippen LogP contribution in [0.4, 0.5) is 0 Å². The third kappa shape index (κ3) is 12.6. The van der Waals surface area contributed by atoms with Gasteiger partial charge in [-0.1, -0.05) is 62.8 Å². The van der Waals surface area contributed by atoms with Crippen LogP contribution in [0.25, 0.3) is 0 Å². The maximum atomic E-state index is 4.93. The second kappa shape index (κ2) is 25.8. The molecule has 10 heteroatoms. The Morgan fingerprint density at radius 2 is 0.789 bits per heavy atom. The van der Waals surface area contributed by atoms with Gasteiger partial charge in [-0.15, -0.1) is 47.0 Å². The van der Waals surface area contributed by atoms with E-state index in [0.717, 1.165) is 92.0 Å². The van der Waals surface area contributed by atoms with Gasteiger partial charge in [0.25, 0.3) is 0 Å². The number of hydrogen-bond donors (Lipinski definition) is 0. The van der Waals surface area contributed by atoms with E-state index in [2.05, 4.69) is 99.0 Å². The first-order chi connectivity index (χ1) is 25.7. The third-order valence-corrected chi connectivity index (χ3v) is 21.3. The predicted molar refractivity (Wildman–Crippen MR) is 261 cm³/mol. The summed E-state index contributed by atoms with van der Waals surface area (Å²) in [5.74, 6) is 11.9. The Morgan fingerprint density at radius 3 is 1.19 bits per heavy atom. The Kier molecular flexibility index (Phi) is 24.8. The Bertz CT molecular complexity index is 1310. The monoisotopic (exact) mass is 1090 g/mol. The minimum absolute atomic E-state index is 0. The normalized spacial score (nSPS) is 41.9. The molecule has 0 N–H and O–H groups in total. The summed E-state index contributed by atoms with van der Waals surface area (Å²) in [6.07, 6.45) is 33.6. The van der Waals surface area contributed by atoms with Gasteiger partial charge < -0.3 is 29.7 Å². The SMILES string of the molecule is CC1=CC2C3C=C(C)SC3C(CC3CCC4CCCCC43)C2S1.CC1=CC2C3C=C(C)SC3C(CCC3CCC4CCCCC43)C2S1.[CH3-].[CH3-].[CH3-].[CH3-].[Cl][Zr+2][Cl].[Cl][Zr+2][Cl]. The zero-order valence-corrected chi connectivity index (χ0v) is 47.5. The van der Waals surface area contributed by atoms with Crippen molar-refractivity contribution in [3.8, 4) is 0 Å². The van der Waals surface area contributed by atoms with E-state index >= 15 is 0 Å². The van der Waals surface area contributed by atoms with Crippen molar-refractivity contribution in [2.24, 2.45) is 71.0 Å². The Morgan fingerprint density at radius 1 is 0.456 bits per heavy atom. The van der Waals surface area contributed by atoms with Gasteiger partial charge in [-0.05, 0) is 176 Å². The van der Waals surface area contributed by atoms with Crippen molar-refractivity contribution in [3.63, 3.8) is 0 Å². The second-order valence-electron chi connectivity index (χ2n) is 18.1. The molecule has 0 radical (unpaired) electrons. The number of allylic oxidation sites excluding steroid dienone is 8. The van der Waals surface area contributed by atoms with E-state index in [1.54, 1.807) is 77.4 Å². The second-order valence-corrected chi connectivity index (χ2v) is 31.3. The molecule has 0 spiro atoms. The first-order valence-corrected chi connectivity index (χ1v) is 37.2. The molecule has 57 heavy (non-hydrogen) atoms. The maximum absolute atomic E-state index is 4.93. The van der Waals surface area contributed by atoms with Gasteiger partial charge in [-0.3, -0.25) is 0 Å². The first-order valence-electron chi connectivity index (χ1n) is 21.1. The van der Waals surface area contributed by atoms with Crippen LogP contribution in [0, 0.1) is 101 Å². The molecule has 4 heterocycles. The summed E-state index contributed by atoms with van der Waals surface area (Å²) in [4.78, 5) is 6.41. The van der Waals surface area contributed by atoms with Gasteiger partial charge in [0.15, 0.2) is 0 Å². The van der Waals surface area contributed by atoms with Gasteiger partial charge in [-0.2, -0.15) is 0 Å². The summed E-state index contributed by atoms with van der Waals surface area (Å²) in [7, 11) is 19.7. The first kappa shape index (κ1) is 54.6. The summed E-state index contributed by atoms with van der Waals surface area (Å²) in [6.45, 7) is 9.38. The van der Waals surface area contributed by atoms with Crippen LogP contribution in [0.2, 0.25) is 0 Å². The van der Waals surface area contributed by atoms with E-state index in [4.69, 9.17) is 34.1 Å².